The lowest BCUT2D eigenvalue weighted by atomic mass is 10.3. The molecule has 1 unspecified atom stereocenters. The van der Waals surface area contributed by atoms with E-state index in [0.717, 1.165) is 5.69 Å². The van der Waals surface area contributed by atoms with Gasteiger partial charge in [-0.2, -0.15) is 5.11 Å². The molecule has 26 heavy (non-hydrogen) atoms. The molecule has 0 saturated heterocycles. The van der Waals surface area contributed by atoms with E-state index in [1.54, 1.807) is 30.3 Å². The summed E-state index contributed by atoms with van der Waals surface area (Å²) >= 11 is 0. The molecule has 2 aliphatic heterocycles. The van der Waals surface area contributed by atoms with Crippen LogP contribution in [-0.2, 0) is 4.57 Å². The first kappa shape index (κ1) is 15.0. The van der Waals surface area contributed by atoms with Crippen molar-refractivity contribution in [3.63, 3.8) is 0 Å². The van der Waals surface area contributed by atoms with Gasteiger partial charge in [-0.15, -0.1) is 5.11 Å². The molecule has 3 aromatic rings. The number of hydrogen-bond donors (Lipinski definition) is 2. The van der Waals surface area contributed by atoms with E-state index in [-0.39, 0.29) is 16.8 Å². The van der Waals surface area contributed by atoms with Crippen molar-refractivity contribution < 1.29 is 24.0 Å². The monoisotopic (exact) mass is 366 g/mol. The zero-order chi connectivity index (χ0) is 17.9. The highest BCUT2D eigenvalue weighted by Gasteiger charge is 2.53. The number of nitrogens with zero attached hydrogens (tertiary/aromatic N) is 2. The van der Waals surface area contributed by atoms with Gasteiger partial charge in [-0.1, -0.05) is 0 Å². The molecule has 8 heteroatoms. The predicted molar refractivity (Wildman–Crippen MR) is 94.4 cm³/mol. The minimum Gasteiger partial charge on any atom is -0.504 e. The van der Waals surface area contributed by atoms with Crippen LogP contribution in [-0.4, -0.2) is 10.2 Å². The maximum atomic E-state index is 12.8. The highest BCUT2D eigenvalue weighted by atomic mass is 31.2. The Balaban J connectivity index is 1.34. The molecule has 0 saturated carbocycles. The van der Waals surface area contributed by atoms with E-state index in [0.29, 0.717) is 28.2 Å². The van der Waals surface area contributed by atoms with Gasteiger partial charge in [0.15, 0.2) is 17.2 Å². The highest BCUT2D eigenvalue weighted by Crippen LogP contribution is 2.59. The Morgan fingerprint density at radius 1 is 0.885 bits per heavy atom. The van der Waals surface area contributed by atoms with Gasteiger partial charge in [-0.25, -0.2) is 0 Å². The summed E-state index contributed by atoms with van der Waals surface area (Å²) in [6.07, 6.45) is 0. The Labute approximate surface area is 147 Å². The summed E-state index contributed by atoms with van der Waals surface area (Å²) in [5.74, 6) is 0.823. The Kier molecular flexibility index (Phi) is 2.94. The van der Waals surface area contributed by atoms with Gasteiger partial charge in [0.2, 0.25) is 0 Å². The summed E-state index contributed by atoms with van der Waals surface area (Å²) < 4.78 is 24.1. The van der Waals surface area contributed by atoms with Gasteiger partial charge in [-0.05, 0) is 54.6 Å². The minimum absolute atomic E-state index is 0.173. The fraction of sp³-hybridized carbons (Fsp3) is 0. The number of ether oxygens (including phenoxy) is 1. The summed E-state index contributed by atoms with van der Waals surface area (Å²) in [4.78, 5) is 0. The normalized spacial score (nSPS) is 18.5. The van der Waals surface area contributed by atoms with Crippen molar-refractivity contribution in [2.45, 2.75) is 0 Å². The van der Waals surface area contributed by atoms with Gasteiger partial charge in [0.05, 0.1) is 11.0 Å². The molecule has 3 aromatic carbocycles. The highest BCUT2D eigenvalue weighted by molar-refractivity contribution is 7.85. The third-order valence-electron chi connectivity index (χ3n) is 4.17. The largest absolute Gasteiger partial charge is 0.504 e. The van der Waals surface area contributed by atoms with Crippen LogP contribution >= 0.6 is 7.37 Å². The average Bonchev–Trinajstić information content (AvgIpc) is 3.04. The van der Waals surface area contributed by atoms with E-state index >= 15 is 0 Å². The minimum atomic E-state index is -3.27. The quantitative estimate of drug-likeness (QED) is 0.416. The predicted octanol–water partition coefficient (Wildman–Crippen LogP) is 4.24. The lowest BCUT2D eigenvalue weighted by molar-refractivity contribution is 0.407. The van der Waals surface area contributed by atoms with Crippen molar-refractivity contribution in [2.24, 2.45) is 10.2 Å². The zero-order valence-corrected chi connectivity index (χ0v) is 14.1. The van der Waals surface area contributed by atoms with E-state index in [4.69, 9.17) is 9.26 Å². The Morgan fingerprint density at radius 3 is 2.46 bits per heavy atom. The van der Waals surface area contributed by atoms with Crippen LogP contribution in [0.4, 0.5) is 11.4 Å². The third kappa shape index (κ3) is 2.18. The Morgan fingerprint density at radius 2 is 1.65 bits per heavy atom. The van der Waals surface area contributed by atoms with Crippen LogP contribution in [0, 0.1) is 0 Å². The van der Waals surface area contributed by atoms with Crippen LogP contribution in [0.15, 0.2) is 64.8 Å². The molecule has 5 rings (SSSR count). The standard InChI is InChI=1S/C18H11N2O5P/c21-14-6-8-16-18(17(14)22)26(16,23)25-12-4-2-11(3-5-12)24-15-7-1-10-9-13(15)20-19-10/h1-9,21-22H. The SMILES string of the molecule is O=P1(Oc2ccc(Oc3ccc4cc3N=N4)cc2)c2ccc(O)c(O)c21. The summed E-state index contributed by atoms with van der Waals surface area (Å²) in [6.45, 7) is 0. The van der Waals surface area contributed by atoms with Crippen molar-refractivity contribution >= 4 is 29.4 Å². The molecule has 2 bridgehead atoms. The number of phenols is 2. The van der Waals surface area contributed by atoms with Crippen molar-refractivity contribution in [3.8, 4) is 28.7 Å². The van der Waals surface area contributed by atoms with Crippen LogP contribution < -0.4 is 19.9 Å². The third-order valence-corrected chi connectivity index (χ3v) is 6.46. The molecule has 0 aliphatic carbocycles. The van der Waals surface area contributed by atoms with Crippen molar-refractivity contribution in [1.29, 1.82) is 0 Å². The van der Waals surface area contributed by atoms with Crippen LogP contribution in [0.25, 0.3) is 0 Å². The average molecular weight is 366 g/mol. The number of benzene rings is 3. The van der Waals surface area contributed by atoms with Gasteiger partial charge < -0.3 is 19.5 Å². The van der Waals surface area contributed by atoms with Crippen LogP contribution in [0.2, 0.25) is 0 Å². The lowest BCUT2D eigenvalue weighted by Crippen LogP contribution is -1.89. The van der Waals surface area contributed by atoms with Crippen molar-refractivity contribution in [2.75, 3.05) is 0 Å². The Bertz CT molecular complexity index is 1140. The van der Waals surface area contributed by atoms with Gasteiger partial charge >= 0.3 is 7.37 Å². The maximum Gasteiger partial charge on any atom is 0.312 e. The number of fused-ring (bicyclic) bond motifs is 3. The van der Waals surface area contributed by atoms with E-state index in [1.807, 2.05) is 12.1 Å². The van der Waals surface area contributed by atoms with E-state index in [2.05, 4.69) is 10.2 Å². The summed E-state index contributed by atoms with van der Waals surface area (Å²) in [5, 5.41) is 27.8. The van der Waals surface area contributed by atoms with Gasteiger partial charge in [0.25, 0.3) is 0 Å². The molecular formula is C18H11N2O5P. The molecule has 0 aromatic heterocycles. The molecule has 128 valence electrons. The number of azo groups is 1. The van der Waals surface area contributed by atoms with Crippen LogP contribution in [0.3, 0.4) is 0 Å². The molecule has 2 heterocycles. The smallest absolute Gasteiger partial charge is 0.312 e. The summed E-state index contributed by atoms with van der Waals surface area (Å²) in [6, 6.07) is 14.8. The molecular weight excluding hydrogens is 355 g/mol. The summed E-state index contributed by atoms with van der Waals surface area (Å²) in [5.41, 5.74) is 1.45. The second-order valence-electron chi connectivity index (χ2n) is 5.87. The second-order valence-corrected chi connectivity index (χ2v) is 8.08. The number of rotatable bonds is 4. The van der Waals surface area contributed by atoms with Crippen molar-refractivity contribution in [3.05, 3.63) is 54.6 Å². The lowest BCUT2D eigenvalue weighted by Gasteiger charge is -2.08. The zero-order valence-electron chi connectivity index (χ0n) is 13.2. The van der Waals surface area contributed by atoms with E-state index in [1.165, 1.54) is 12.1 Å². The van der Waals surface area contributed by atoms with Crippen molar-refractivity contribution in [1.82, 2.24) is 0 Å². The summed E-state index contributed by atoms with van der Waals surface area (Å²) in [7, 11) is -3.27. The molecule has 7 nitrogen and oxygen atoms in total. The topological polar surface area (TPSA) is 101 Å². The maximum absolute atomic E-state index is 12.8. The molecule has 0 radical (unpaired) electrons. The molecule has 0 fully saturated rings. The van der Waals surface area contributed by atoms with Gasteiger partial charge in [0, 0.05) is 0 Å². The van der Waals surface area contributed by atoms with E-state index in [9.17, 15) is 14.8 Å². The molecule has 2 aliphatic rings. The molecule has 0 spiro atoms. The first-order chi connectivity index (χ1) is 12.5. The molecule has 2 N–H and O–H groups in total. The molecule has 1 atom stereocenters. The number of hydrogen-bond acceptors (Lipinski definition) is 7. The number of phenolic OH excluding ortho intramolecular Hbond substituents is 2. The van der Waals surface area contributed by atoms with Gasteiger partial charge in [0.1, 0.15) is 22.5 Å². The first-order valence-corrected chi connectivity index (χ1v) is 9.36. The fourth-order valence-electron chi connectivity index (χ4n) is 2.81. The molecule has 0 amide bonds. The van der Waals surface area contributed by atoms with Crippen LogP contribution in [0.1, 0.15) is 0 Å². The second kappa shape index (κ2) is 5.09. The first-order valence-electron chi connectivity index (χ1n) is 7.74. The van der Waals surface area contributed by atoms with Gasteiger partial charge in [-0.3, -0.25) is 4.57 Å². The Hall–Kier alpha value is -3.31. The number of aromatic hydroxyl groups is 2. The van der Waals surface area contributed by atoms with Crippen LogP contribution in [0.5, 0.6) is 28.7 Å². The fourth-order valence-corrected chi connectivity index (χ4v) is 4.97. The van der Waals surface area contributed by atoms with E-state index < -0.39 is 7.37 Å².